The number of rotatable bonds is 3. The van der Waals surface area contributed by atoms with Crippen molar-refractivity contribution in [3.63, 3.8) is 0 Å². The number of aromatic nitrogens is 2. The molecule has 3 heteroatoms. The van der Waals surface area contributed by atoms with Gasteiger partial charge in [0.05, 0.1) is 11.0 Å². The largest absolute Gasteiger partial charge is 0.331 e. The van der Waals surface area contributed by atoms with Crippen molar-refractivity contribution in [2.24, 2.45) is 12.8 Å². The molecule has 0 saturated heterocycles. The SMILES string of the molecule is Cc1cccc2nc(C(C)CCN)n(C)c12. The molecule has 3 nitrogen and oxygen atoms in total. The first kappa shape index (κ1) is 11.1. The number of nitrogens with zero attached hydrogens (tertiary/aromatic N) is 2. The van der Waals surface area contributed by atoms with Gasteiger partial charge in [-0.1, -0.05) is 19.1 Å². The van der Waals surface area contributed by atoms with Gasteiger partial charge in [0.1, 0.15) is 5.82 Å². The van der Waals surface area contributed by atoms with Gasteiger partial charge in [0.15, 0.2) is 0 Å². The van der Waals surface area contributed by atoms with Crippen LogP contribution < -0.4 is 5.73 Å². The minimum atomic E-state index is 0.418. The van der Waals surface area contributed by atoms with Crippen LogP contribution in [0.2, 0.25) is 0 Å². The van der Waals surface area contributed by atoms with Gasteiger partial charge >= 0.3 is 0 Å². The molecular weight excluding hydrogens is 198 g/mol. The van der Waals surface area contributed by atoms with E-state index in [0.717, 1.165) is 17.8 Å². The van der Waals surface area contributed by atoms with Crippen LogP contribution in [0.15, 0.2) is 18.2 Å². The first-order chi connectivity index (χ1) is 7.65. The van der Waals surface area contributed by atoms with E-state index in [0.29, 0.717) is 12.5 Å². The maximum absolute atomic E-state index is 5.60. The molecule has 0 bridgehead atoms. The average Bonchev–Trinajstić information content (AvgIpc) is 2.58. The molecule has 0 saturated carbocycles. The van der Waals surface area contributed by atoms with Gasteiger partial charge in [-0.2, -0.15) is 0 Å². The summed E-state index contributed by atoms with van der Waals surface area (Å²) in [5, 5.41) is 0. The van der Waals surface area contributed by atoms with Gasteiger partial charge in [0.25, 0.3) is 0 Å². The Balaban J connectivity index is 2.56. The van der Waals surface area contributed by atoms with Crippen LogP contribution in [-0.4, -0.2) is 16.1 Å². The zero-order chi connectivity index (χ0) is 11.7. The molecule has 0 aliphatic carbocycles. The Kier molecular flexibility index (Phi) is 2.97. The Hall–Kier alpha value is -1.35. The quantitative estimate of drug-likeness (QED) is 0.857. The van der Waals surface area contributed by atoms with Gasteiger partial charge < -0.3 is 10.3 Å². The Labute approximate surface area is 96.3 Å². The summed E-state index contributed by atoms with van der Waals surface area (Å²) >= 11 is 0. The number of hydrogen-bond donors (Lipinski definition) is 1. The number of aryl methyl sites for hydroxylation is 2. The molecule has 2 rings (SSSR count). The van der Waals surface area contributed by atoms with Crippen LogP contribution in [0.25, 0.3) is 11.0 Å². The van der Waals surface area contributed by atoms with Crippen molar-refractivity contribution in [1.29, 1.82) is 0 Å². The lowest BCUT2D eigenvalue weighted by Crippen LogP contribution is -2.09. The minimum Gasteiger partial charge on any atom is -0.331 e. The number of hydrogen-bond acceptors (Lipinski definition) is 2. The molecule has 1 unspecified atom stereocenters. The molecule has 0 spiro atoms. The van der Waals surface area contributed by atoms with E-state index in [1.165, 1.54) is 11.1 Å². The van der Waals surface area contributed by atoms with Gasteiger partial charge in [-0.05, 0) is 31.5 Å². The van der Waals surface area contributed by atoms with E-state index in [9.17, 15) is 0 Å². The smallest absolute Gasteiger partial charge is 0.112 e. The van der Waals surface area contributed by atoms with Crippen molar-refractivity contribution >= 4 is 11.0 Å². The highest BCUT2D eigenvalue weighted by molar-refractivity contribution is 5.79. The number of nitrogens with two attached hydrogens (primary N) is 1. The van der Waals surface area contributed by atoms with Gasteiger partial charge in [0.2, 0.25) is 0 Å². The number of benzene rings is 1. The molecule has 2 aromatic rings. The molecule has 1 atom stereocenters. The van der Waals surface area contributed by atoms with Crippen molar-refractivity contribution in [2.45, 2.75) is 26.2 Å². The number of para-hydroxylation sites is 1. The zero-order valence-electron chi connectivity index (χ0n) is 10.2. The standard InChI is InChI=1S/C13H19N3/c1-9-5-4-6-11-12(9)16(3)13(15-11)10(2)7-8-14/h4-6,10H,7-8,14H2,1-3H3. The topological polar surface area (TPSA) is 43.8 Å². The van der Waals surface area contributed by atoms with Crippen LogP contribution in [0.3, 0.4) is 0 Å². The van der Waals surface area contributed by atoms with Crippen molar-refractivity contribution in [2.75, 3.05) is 6.54 Å². The Morgan fingerprint density at radius 2 is 2.19 bits per heavy atom. The molecule has 16 heavy (non-hydrogen) atoms. The summed E-state index contributed by atoms with van der Waals surface area (Å²) in [5.74, 6) is 1.55. The molecule has 0 aliphatic rings. The van der Waals surface area contributed by atoms with Crippen LogP contribution in [-0.2, 0) is 7.05 Å². The molecule has 1 aromatic heterocycles. The van der Waals surface area contributed by atoms with Crippen LogP contribution in [0.4, 0.5) is 0 Å². The molecule has 2 N–H and O–H groups in total. The molecule has 1 heterocycles. The highest BCUT2D eigenvalue weighted by atomic mass is 15.1. The first-order valence-electron chi connectivity index (χ1n) is 5.77. The monoisotopic (exact) mass is 217 g/mol. The lowest BCUT2D eigenvalue weighted by atomic mass is 10.1. The molecule has 86 valence electrons. The highest BCUT2D eigenvalue weighted by Crippen LogP contribution is 2.24. The second-order valence-electron chi connectivity index (χ2n) is 4.45. The predicted molar refractivity (Wildman–Crippen MR) is 67.5 cm³/mol. The van der Waals surface area contributed by atoms with Crippen molar-refractivity contribution in [1.82, 2.24) is 9.55 Å². The van der Waals surface area contributed by atoms with Crippen LogP contribution in [0.5, 0.6) is 0 Å². The lowest BCUT2D eigenvalue weighted by Gasteiger charge is -2.10. The highest BCUT2D eigenvalue weighted by Gasteiger charge is 2.14. The molecular formula is C13H19N3. The molecule has 1 aromatic carbocycles. The van der Waals surface area contributed by atoms with Crippen LogP contribution in [0.1, 0.15) is 30.7 Å². The Morgan fingerprint density at radius 3 is 2.81 bits per heavy atom. The minimum absolute atomic E-state index is 0.418. The Morgan fingerprint density at radius 1 is 1.44 bits per heavy atom. The second-order valence-corrected chi connectivity index (χ2v) is 4.45. The summed E-state index contributed by atoms with van der Waals surface area (Å²) in [6.07, 6.45) is 0.982. The van der Waals surface area contributed by atoms with E-state index in [1.807, 2.05) is 0 Å². The number of imidazole rings is 1. The molecule has 0 amide bonds. The fraction of sp³-hybridized carbons (Fsp3) is 0.462. The van der Waals surface area contributed by atoms with Gasteiger partial charge in [-0.25, -0.2) is 4.98 Å². The predicted octanol–water partition coefficient (Wildman–Crippen LogP) is 2.33. The number of fused-ring (bicyclic) bond motifs is 1. The summed E-state index contributed by atoms with van der Waals surface area (Å²) in [7, 11) is 2.09. The normalized spacial score (nSPS) is 13.2. The van der Waals surface area contributed by atoms with E-state index in [-0.39, 0.29) is 0 Å². The second kappa shape index (κ2) is 4.26. The van der Waals surface area contributed by atoms with E-state index in [1.54, 1.807) is 0 Å². The van der Waals surface area contributed by atoms with E-state index >= 15 is 0 Å². The Bertz CT molecular complexity index is 499. The molecule has 0 radical (unpaired) electrons. The first-order valence-corrected chi connectivity index (χ1v) is 5.77. The van der Waals surface area contributed by atoms with Crippen LogP contribution >= 0.6 is 0 Å². The third-order valence-electron chi connectivity index (χ3n) is 3.17. The zero-order valence-corrected chi connectivity index (χ0v) is 10.2. The third kappa shape index (κ3) is 1.71. The van der Waals surface area contributed by atoms with E-state index < -0.39 is 0 Å². The molecule has 0 fully saturated rings. The van der Waals surface area contributed by atoms with Crippen molar-refractivity contribution in [3.05, 3.63) is 29.6 Å². The average molecular weight is 217 g/mol. The van der Waals surface area contributed by atoms with Crippen molar-refractivity contribution in [3.8, 4) is 0 Å². The summed E-state index contributed by atoms with van der Waals surface area (Å²) in [6.45, 7) is 5.02. The van der Waals surface area contributed by atoms with E-state index in [2.05, 4.69) is 43.7 Å². The van der Waals surface area contributed by atoms with Crippen LogP contribution in [0, 0.1) is 6.92 Å². The summed E-state index contributed by atoms with van der Waals surface area (Å²) in [6, 6.07) is 6.25. The fourth-order valence-corrected chi connectivity index (χ4v) is 2.30. The maximum atomic E-state index is 5.60. The van der Waals surface area contributed by atoms with Gasteiger partial charge in [-0.3, -0.25) is 0 Å². The van der Waals surface area contributed by atoms with E-state index in [4.69, 9.17) is 10.7 Å². The van der Waals surface area contributed by atoms with Crippen molar-refractivity contribution < 1.29 is 0 Å². The lowest BCUT2D eigenvalue weighted by molar-refractivity contribution is 0.623. The summed E-state index contributed by atoms with van der Waals surface area (Å²) in [5.41, 5.74) is 9.20. The fourth-order valence-electron chi connectivity index (χ4n) is 2.30. The summed E-state index contributed by atoms with van der Waals surface area (Å²) in [4.78, 5) is 4.70. The van der Waals surface area contributed by atoms with Gasteiger partial charge in [0, 0.05) is 13.0 Å². The summed E-state index contributed by atoms with van der Waals surface area (Å²) < 4.78 is 2.20. The third-order valence-corrected chi connectivity index (χ3v) is 3.17. The maximum Gasteiger partial charge on any atom is 0.112 e. The van der Waals surface area contributed by atoms with Gasteiger partial charge in [-0.15, -0.1) is 0 Å². The molecule has 0 aliphatic heterocycles.